The van der Waals surface area contributed by atoms with Crippen molar-refractivity contribution in [3.63, 3.8) is 0 Å². The Balaban J connectivity index is 1.86. The average molecular weight is 353 g/mol. The molecule has 7 heteroatoms. The summed E-state index contributed by atoms with van der Waals surface area (Å²) in [5.41, 5.74) is 0.149. The van der Waals surface area contributed by atoms with Gasteiger partial charge in [-0.05, 0) is 48.5 Å². The number of aliphatic hydroxyl groups excluding tert-OH is 1. The largest absolute Gasteiger partial charge is 0.503 e. The molecule has 1 unspecified atom stereocenters. The molecular weight excluding hydrogens is 341 g/mol. The predicted octanol–water partition coefficient (Wildman–Crippen LogP) is 3.79. The van der Waals surface area contributed by atoms with Gasteiger partial charge in [-0.3, -0.25) is 14.5 Å². The Morgan fingerprint density at radius 1 is 1.04 bits per heavy atom. The van der Waals surface area contributed by atoms with Gasteiger partial charge in [0.25, 0.3) is 5.91 Å². The Morgan fingerprint density at radius 2 is 1.73 bits per heavy atom. The van der Waals surface area contributed by atoms with Crippen molar-refractivity contribution in [2.24, 2.45) is 0 Å². The number of aliphatic hydroxyl groups is 1. The van der Waals surface area contributed by atoms with Crippen LogP contribution in [-0.4, -0.2) is 16.8 Å². The Bertz CT molecular complexity index is 987. The smallest absolute Gasteiger partial charge is 0.294 e. The summed E-state index contributed by atoms with van der Waals surface area (Å²) in [6, 6.07) is 10.3. The van der Waals surface area contributed by atoms with Gasteiger partial charge < -0.3 is 13.9 Å². The minimum Gasteiger partial charge on any atom is -0.503 e. The van der Waals surface area contributed by atoms with E-state index in [0.29, 0.717) is 5.69 Å². The summed E-state index contributed by atoms with van der Waals surface area (Å²) in [6.07, 6.45) is 2.72. The first-order valence-corrected chi connectivity index (χ1v) is 7.72. The Labute approximate surface area is 146 Å². The van der Waals surface area contributed by atoms with Gasteiger partial charge in [-0.2, -0.15) is 0 Å². The lowest BCUT2D eigenvalue weighted by atomic mass is 9.99. The van der Waals surface area contributed by atoms with E-state index >= 15 is 0 Å². The van der Waals surface area contributed by atoms with Gasteiger partial charge in [-0.1, -0.05) is 0 Å². The van der Waals surface area contributed by atoms with Gasteiger partial charge in [0.1, 0.15) is 17.6 Å². The van der Waals surface area contributed by atoms with Gasteiger partial charge >= 0.3 is 0 Å². The molecule has 2 aromatic heterocycles. The molecule has 1 amide bonds. The minimum atomic E-state index is -0.999. The molecular formula is C19H12FNO5. The highest BCUT2D eigenvalue weighted by Gasteiger charge is 2.46. The van der Waals surface area contributed by atoms with Crippen LogP contribution >= 0.6 is 0 Å². The number of benzene rings is 1. The molecule has 0 fully saturated rings. The number of carbonyl (C=O) groups excluding carboxylic acids is 2. The second-order valence-electron chi connectivity index (χ2n) is 5.64. The van der Waals surface area contributed by atoms with E-state index in [-0.39, 0.29) is 17.1 Å². The third-order valence-electron chi connectivity index (χ3n) is 4.12. The zero-order chi connectivity index (χ0) is 18.3. The number of halogens is 1. The second-order valence-corrected chi connectivity index (χ2v) is 5.64. The number of hydrogen-bond donors (Lipinski definition) is 1. The maximum absolute atomic E-state index is 13.3. The van der Waals surface area contributed by atoms with E-state index in [2.05, 4.69) is 0 Å². The van der Waals surface area contributed by atoms with Crippen LogP contribution in [0.15, 0.2) is 81.2 Å². The van der Waals surface area contributed by atoms with Crippen LogP contribution in [0.1, 0.15) is 22.4 Å². The molecule has 1 aliphatic rings. The highest BCUT2D eigenvalue weighted by Crippen LogP contribution is 2.42. The molecule has 1 aromatic carbocycles. The molecule has 0 radical (unpaired) electrons. The van der Waals surface area contributed by atoms with Crippen molar-refractivity contribution in [1.29, 1.82) is 0 Å². The molecule has 3 aromatic rings. The standard InChI is InChI=1S/C19H12FNO5/c20-11-5-7-12(8-6-11)21-16(13-3-1-9-25-13)15(18(23)19(21)24)17(22)14-4-2-10-26-14/h1-10,16,23H. The number of rotatable bonds is 4. The number of nitrogens with zero attached hydrogens (tertiary/aromatic N) is 1. The molecule has 0 aliphatic carbocycles. The first-order chi connectivity index (χ1) is 12.6. The maximum atomic E-state index is 13.3. The zero-order valence-corrected chi connectivity index (χ0v) is 13.3. The van der Waals surface area contributed by atoms with E-state index in [9.17, 15) is 19.1 Å². The van der Waals surface area contributed by atoms with Crippen LogP contribution in [0.5, 0.6) is 0 Å². The number of anilines is 1. The van der Waals surface area contributed by atoms with Gasteiger partial charge in [0.2, 0.25) is 5.78 Å². The van der Waals surface area contributed by atoms with Gasteiger partial charge in [-0.15, -0.1) is 0 Å². The lowest BCUT2D eigenvalue weighted by molar-refractivity contribution is -0.117. The minimum absolute atomic E-state index is 0.0168. The van der Waals surface area contributed by atoms with Crippen LogP contribution < -0.4 is 4.90 Å². The summed E-state index contributed by atoms with van der Waals surface area (Å²) in [5, 5.41) is 10.4. The van der Waals surface area contributed by atoms with Crippen LogP contribution in [0, 0.1) is 5.82 Å². The lowest BCUT2D eigenvalue weighted by Gasteiger charge is -2.24. The van der Waals surface area contributed by atoms with Crippen molar-refractivity contribution >= 4 is 17.4 Å². The fraction of sp³-hybridized carbons (Fsp3) is 0.0526. The summed E-state index contributed by atoms with van der Waals surface area (Å²) in [4.78, 5) is 26.7. The van der Waals surface area contributed by atoms with E-state index in [1.807, 2.05) is 0 Å². The van der Waals surface area contributed by atoms with Crippen molar-refractivity contribution in [3.05, 3.63) is 89.7 Å². The summed E-state index contributed by atoms with van der Waals surface area (Å²) in [7, 11) is 0. The molecule has 0 saturated heterocycles. The molecule has 26 heavy (non-hydrogen) atoms. The molecule has 0 saturated carbocycles. The fourth-order valence-corrected chi connectivity index (χ4v) is 2.96. The van der Waals surface area contributed by atoms with Crippen molar-refractivity contribution in [1.82, 2.24) is 0 Å². The maximum Gasteiger partial charge on any atom is 0.294 e. The van der Waals surface area contributed by atoms with E-state index < -0.39 is 29.3 Å². The zero-order valence-electron chi connectivity index (χ0n) is 13.3. The molecule has 6 nitrogen and oxygen atoms in total. The van der Waals surface area contributed by atoms with Crippen LogP contribution in [0.3, 0.4) is 0 Å². The topological polar surface area (TPSA) is 83.9 Å². The van der Waals surface area contributed by atoms with Crippen LogP contribution in [0.4, 0.5) is 10.1 Å². The lowest BCUT2D eigenvalue weighted by Crippen LogP contribution is -2.30. The summed E-state index contributed by atoms with van der Waals surface area (Å²) in [5.74, 6) is -2.32. The third kappa shape index (κ3) is 2.41. The summed E-state index contributed by atoms with van der Waals surface area (Å²) in [6.45, 7) is 0. The molecule has 3 heterocycles. The third-order valence-corrected chi connectivity index (χ3v) is 4.12. The first kappa shape index (κ1) is 15.9. The van der Waals surface area contributed by atoms with Crippen LogP contribution in [0.25, 0.3) is 0 Å². The van der Waals surface area contributed by atoms with Gasteiger partial charge in [0.05, 0.1) is 18.1 Å². The Morgan fingerprint density at radius 3 is 2.35 bits per heavy atom. The highest BCUT2D eigenvalue weighted by atomic mass is 19.1. The van der Waals surface area contributed by atoms with Gasteiger partial charge in [0.15, 0.2) is 11.5 Å². The number of furan rings is 2. The van der Waals surface area contributed by atoms with E-state index in [4.69, 9.17) is 8.83 Å². The SMILES string of the molecule is O=C(C1=C(O)C(=O)N(c2ccc(F)cc2)C1c1ccco1)c1ccco1. The summed E-state index contributed by atoms with van der Waals surface area (Å²) >= 11 is 0. The van der Waals surface area contributed by atoms with Crippen molar-refractivity contribution in [3.8, 4) is 0 Å². The normalized spacial score (nSPS) is 17.2. The second kappa shape index (κ2) is 6.03. The first-order valence-electron chi connectivity index (χ1n) is 7.72. The number of amides is 1. The number of Topliss-reactive ketones (excluding diaryl/α,β-unsaturated/α-hetero) is 1. The molecule has 0 bridgehead atoms. The molecule has 1 N–H and O–H groups in total. The van der Waals surface area contributed by atoms with E-state index in [1.54, 1.807) is 12.1 Å². The molecule has 4 rings (SSSR count). The Hall–Kier alpha value is -3.61. The predicted molar refractivity (Wildman–Crippen MR) is 88.0 cm³/mol. The summed E-state index contributed by atoms with van der Waals surface area (Å²) < 4.78 is 23.8. The fourth-order valence-electron chi connectivity index (χ4n) is 2.96. The molecule has 130 valence electrons. The van der Waals surface area contributed by atoms with Gasteiger partial charge in [0, 0.05) is 5.69 Å². The van der Waals surface area contributed by atoms with E-state index in [1.165, 1.54) is 53.8 Å². The number of carbonyl (C=O) groups is 2. The van der Waals surface area contributed by atoms with Crippen LogP contribution in [-0.2, 0) is 4.79 Å². The molecule has 1 aliphatic heterocycles. The average Bonchev–Trinajstić information content (AvgIpc) is 3.38. The number of ketones is 1. The quantitative estimate of drug-likeness (QED) is 0.722. The Kier molecular flexibility index (Phi) is 3.69. The van der Waals surface area contributed by atoms with Crippen molar-refractivity contribution in [2.75, 3.05) is 4.90 Å². The van der Waals surface area contributed by atoms with Crippen LogP contribution in [0.2, 0.25) is 0 Å². The van der Waals surface area contributed by atoms with Crippen molar-refractivity contribution < 1.29 is 27.9 Å². The number of hydrogen-bond acceptors (Lipinski definition) is 5. The molecule has 1 atom stereocenters. The van der Waals surface area contributed by atoms with Gasteiger partial charge in [-0.25, -0.2) is 4.39 Å². The monoisotopic (exact) mass is 353 g/mol. The van der Waals surface area contributed by atoms with Crippen molar-refractivity contribution in [2.45, 2.75) is 6.04 Å². The molecule has 0 spiro atoms. The highest BCUT2D eigenvalue weighted by molar-refractivity contribution is 6.20. The van der Waals surface area contributed by atoms with E-state index in [0.717, 1.165) is 0 Å².